The van der Waals surface area contributed by atoms with Gasteiger partial charge in [0.15, 0.2) is 0 Å². The molecule has 5 heteroatoms. The monoisotopic (exact) mass is 277 g/mol. The molecule has 0 aliphatic rings. The van der Waals surface area contributed by atoms with E-state index in [2.05, 4.69) is 19.2 Å². The summed E-state index contributed by atoms with van der Waals surface area (Å²) in [4.78, 5) is 0. The first-order chi connectivity index (χ1) is 8.30. The fraction of sp³-hybridized carbons (Fsp3) is 0.538. The molecule has 1 nitrogen and oxygen atoms in total. The molecule has 0 aliphatic heterocycles. The molecule has 0 bridgehead atoms. The van der Waals surface area contributed by atoms with Crippen LogP contribution in [0.25, 0.3) is 0 Å². The van der Waals surface area contributed by atoms with Gasteiger partial charge in [0.25, 0.3) is 0 Å². The molecule has 0 amide bonds. The molecule has 0 spiro atoms. The number of hydrogen-bond acceptors (Lipinski definition) is 2. The van der Waals surface area contributed by atoms with Crippen molar-refractivity contribution < 1.29 is 13.2 Å². The Morgan fingerprint density at radius 3 is 2.50 bits per heavy atom. The summed E-state index contributed by atoms with van der Waals surface area (Å²) in [5.74, 6) is 0.882. The predicted molar refractivity (Wildman–Crippen MR) is 72.3 cm³/mol. The van der Waals surface area contributed by atoms with Gasteiger partial charge in [-0.1, -0.05) is 19.9 Å². The lowest BCUT2D eigenvalue weighted by Crippen LogP contribution is -2.10. The number of alkyl halides is 3. The molecule has 1 rings (SSSR count). The molecule has 1 aromatic carbocycles. The molecule has 0 saturated carbocycles. The van der Waals surface area contributed by atoms with E-state index in [-0.39, 0.29) is 5.56 Å². The van der Waals surface area contributed by atoms with Gasteiger partial charge < -0.3 is 5.32 Å². The minimum absolute atomic E-state index is 0.254. The van der Waals surface area contributed by atoms with Crippen LogP contribution in [0, 0.1) is 6.92 Å². The van der Waals surface area contributed by atoms with E-state index in [1.54, 1.807) is 17.8 Å². The summed E-state index contributed by atoms with van der Waals surface area (Å²) in [6.07, 6.45) is -4.28. The van der Waals surface area contributed by atoms with Gasteiger partial charge in [0.1, 0.15) is 0 Å². The molecule has 0 fully saturated rings. The van der Waals surface area contributed by atoms with Gasteiger partial charge in [-0.3, -0.25) is 0 Å². The maximum atomic E-state index is 12.7. The molecule has 0 unspecified atom stereocenters. The first-order valence-corrected chi connectivity index (χ1v) is 6.89. The molecule has 0 atom stereocenters. The van der Waals surface area contributed by atoms with Crippen molar-refractivity contribution in [1.82, 2.24) is 0 Å². The third-order valence-electron chi connectivity index (χ3n) is 2.43. The molecule has 0 saturated heterocycles. The van der Waals surface area contributed by atoms with Crippen molar-refractivity contribution in [2.24, 2.45) is 0 Å². The predicted octanol–water partition coefficient (Wildman–Crippen LogP) is 4.57. The average molecular weight is 277 g/mol. The van der Waals surface area contributed by atoms with E-state index in [0.717, 1.165) is 5.75 Å². The highest BCUT2D eigenvalue weighted by atomic mass is 32.2. The maximum absolute atomic E-state index is 12.7. The molecule has 102 valence electrons. The average Bonchev–Trinajstić information content (AvgIpc) is 2.24. The number of hydrogen-bond donors (Lipinski definition) is 1. The van der Waals surface area contributed by atoms with Gasteiger partial charge in [-0.25, -0.2) is 0 Å². The summed E-state index contributed by atoms with van der Waals surface area (Å²) in [6, 6.07) is 4.36. The van der Waals surface area contributed by atoms with E-state index < -0.39 is 11.7 Å². The zero-order valence-electron chi connectivity index (χ0n) is 10.8. The number of nitrogens with one attached hydrogen (secondary N) is 1. The highest BCUT2D eigenvalue weighted by Crippen LogP contribution is 2.33. The van der Waals surface area contributed by atoms with E-state index in [0.29, 0.717) is 17.5 Å². The van der Waals surface area contributed by atoms with Crippen LogP contribution in [-0.2, 0) is 6.18 Å². The second-order valence-electron chi connectivity index (χ2n) is 4.37. The van der Waals surface area contributed by atoms with Crippen molar-refractivity contribution in [3.8, 4) is 0 Å². The lowest BCUT2D eigenvalue weighted by atomic mass is 10.1. The number of thioether (sulfide) groups is 1. The Kier molecular flexibility index (Phi) is 5.38. The van der Waals surface area contributed by atoms with Gasteiger partial charge in [0.2, 0.25) is 0 Å². The molecule has 1 aromatic rings. The molecule has 0 aromatic heterocycles. The molecular formula is C13H18F3NS. The van der Waals surface area contributed by atoms with Crippen molar-refractivity contribution in [1.29, 1.82) is 0 Å². The van der Waals surface area contributed by atoms with Gasteiger partial charge in [0.05, 0.1) is 5.56 Å². The SMILES string of the molecule is Cc1ccc(NCCSC(C)C)cc1C(F)(F)F. The van der Waals surface area contributed by atoms with Crippen LogP contribution in [0.15, 0.2) is 18.2 Å². The van der Waals surface area contributed by atoms with E-state index >= 15 is 0 Å². The fourth-order valence-electron chi connectivity index (χ4n) is 1.53. The zero-order valence-corrected chi connectivity index (χ0v) is 11.6. The number of rotatable bonds is 5. The highest BCUT2D eigenvalue weighted by Gasteiger charge is 2.32. The van der Waals surface area contributed by atoms with E-state index in [1.807, 2.05) is 0 Å². The first kappa shape index (κ1) is 15.2. The summed E-state index contributed by atoms with van der Waals surface area (Å²) < 4.78 is 38.1. The Morgan fingerprint density at radius 1 is 1.28 bits per heavy atom. The topological polar surface area (TPSA) is 12.0 Å². The molecule has 18 heavy (non-hydrogen) atoms. The number of anilines is 1. The minimum Gasteiger partial charge on any atom is -0.384 e. The van der Waals surface area contributed by atoms with Gasteiger partial charge >= 0.3 is 6.18 Å². The Balaban J connectivity index is 2.63. The number of aryl methyl sites for hydroxylation is 1. The van der Waals surface area contributed by atoms with Crippen LogP contribution >= 0.6 is 11.8 Å². The van der Waals surface area contributed by atoms with Gasteiger partial charge in [0, 0.05) is 18.0 Å². The van der Waals surface area contributed by atoms with Gasteiger partial charge in [-0.2, -0.15) is 24.9 Å². The van der Waals surface area contributed by atoms with Gasteiger partial charge in [-0.15, -0.1) is 0 Å². The lowest BCUT2D eigenvalue weighted by Gasteiger charge is -2.13. The zero-order chi connectivity index (χ0) is 13.8. The van der Waals surface area contributed by atoms with Crippen molar-refractivity contribution in [3.63, 3.8) is 0 Å². The van der Waals surface area contributed by atoms with E-state index in [9.17, 15) is 13.2 Å². The maximum Gasteiger partial charge on any atom is 0.416 e. The summed E-state index contributed by atoms with van der Waals surface area (Å²) in [7, 11) is 0. The van der Waals surface area contributed by atoms with Crippen LogP contribution in [0.4, 0.5) is 18.9 Å². The molecular weight excluding hydrogens is 259 g/mol. The summed E-state index contributed by atoms with van der Waals surface area (Å²) >= 11 is 1.78. The van der Waals surface area contributed by atoms with Crippen LogP contribution in [0.5, 0.6) is 0 Å². The van der Waals surface area contributed by atoms with Crippen LogP contribution < -0.4 is 5.32 Å². The summed E-state index contributed by atoms with van der Waals surface area (Å²) in [5, 5.41) is 3.56. The van der Waals surface area contributed by atoms with Crippen LogP contribution in [-0.4, -0.2) is 17.5 Å². The standard InChI is InChI=1S/C13H18F3NS/c1-9(2)18-7-6-17-11-5-4-10(3)12(8-11)13(14,15)16/h4-5,8-9,17H,6-7H2,1-3H3. The Bertz CT molecular complexity index is 388. The van der Waals surface area contributed by atoms with Crippen molar-refractivity contribution in [2.45, 2.75) is 32.2 Å². The second-order valence-corrected chi connectivity index (χ2v) is 6.06. The summed E-state index contributed by atoms with van der Waals surface area (Å²) in [6.45, 7) is 6.33. The molecule has 0 heterocycles. The van der Waals surface area contributed by atoms with Crippen LogP contribution in [0.3, 0.4) is 0 Å². The minimum atomic E-state index is -4.28. The number of halogens is 3. The second kappa shape index (κ2) is 6.36. The lowest BCUT2D eigenvalue weighted by molar-refractivity contribution is -0.138. The molecule has 0 aliphatic carbocycles. The van der Waals surface area contributed by atoms with Crippen LogP contribution in [0.2, 0.25) is 0 Å². The van der Waals surface area contributed by atoms with Crippen molar-refractivity contribution in [3.05, 3.63) is 29.3 Å². The molecule has 1 N–H and O–H groups in total. The third kappa shape index (κ3) is 4.80. The van der Waals surface area contributed by atoms with E-state index in [4.69, 9.17) is 0 Å². The smallest absolute Gasteiger partial charge is 0.384 e. The summed E-state index contributed by atoms with van der Waals surface area (Å²) in [5.41, 5.74) is 0.214. The normalized spacial score (nSPS) is 11.9. The Hall–Kier alpha value is -0.840. The van der Waals surface area contributed by atoms with Gasteiger partial charge in [-0.05, 0) is 29.9 Å². The fourth-order valence-corrected chi connectivity index (χ4v) is 2.22. The van der Waals surface area contributed by atoms with Crippen LogP contribution in [0.1, 0.15) is 25.0 Å². The molecule has 0 radical (unpaired) electrons. The van der Waals surface area contributed by atoms with Crippen molar-refractivity contribution in [2.75, 3.05) is 17.6 Å². The largest absolute Gasteiger partial charge is 0.416 e. The third-order valence-corrected chi connectivity index (χ3v) is 3.53. The Labute approximate surface area is 110 Å². The number of benzene rings is 1. The Morgan fingerprint density at radius 2 is 1.94 bits per heavy atom. The first-order valence-electron chi connectivity index (χ1n) is 5.84. The highest BCUT2D eigenvalue weighted by molar-refractivity contribution is 7.99. The van der Waals surface area contributed by atoms with E-state index in [1.165, 1.54) is 19.1 Å². The van der Waals surface area contributed by atoms with Crippen molar-refractivity contribution >= 4 is 17.4 Å². The quantitative estimate of drug-likeness (QED) is 0.791.